The Bertz CT molecular complexity index is 2480. The largest absolute Gasteiger partial charge is 0.497 e. The Kier molecular flexibility index (Phi) is 12.6. The maximum atomic E-state index is 17.4. The maximum Gasteiger partial charge on any atom is 0.330 e. The van der Waals surface area contributed by atoms with E-state index in [1.807, 2.05) is 91.0 Å². The summed E-state index contributed by atoms with van der Waals surface area (Å²) in [6.45, 7) is 2.99. The van der Waals surface area contributed by atoms with E-state index in [9.17, 15) is 9.59 Å². The molecule has 0 radical (unpaired) electrons. The quantitative estimate of drug-likeness (QED) is 0.0652. The second kappa shape index (κ2) is 18.5. The zero-order valence-corrected chi connectivity index (χ0v) is 37.3. The summed E-state index contributed by atoms with van der Waals surface area (Å²) in [5, 5.41) is 2.63. The lowest BCUT2D eigenvalue weighted by Gasteiger charge is -2.37. The monoisotopic (exact) mass is 887 g/mol. The third-order valence-electron chi connectivity index (χ3n) is 12.8. The Hall–Kier alpha value is -5.24. The van der Waals surface area contributed by atoms with Gasteiger partial charge in [-0.2, -0.15) is 0 Å². The summed E-state index contributed by atoms with van der Waals surface area (Å²) in [6, 6.07) is 48.6. The van der Waals surface area contributed by atoms with Gasteiger partial charge < -0.3 is 28.0 Å². The van der Waals surface area contributed by atoms with Crippen molar-refractivity contribution in [1.82, 2.24) is 14.2 Å². The van der Waals surface area contributed by atoms with E-state index in [0.717, 1.165) is 46.7 Å². The number of hydrogen-bond acceptors (Lipinski definition) is 9. The van der Waals surface area contributed by atoms with Crippen LogP contribution >= 0.6 is 8.53 Å². The van der Waals surface area contributed by atoms with Gasteiger partial charge in [0.25, 0.3) is 14.1 Å². The van der Waals surface area contributed by atoms with Crippen LogP contribution < -0.4 is 31.1 Å². The van der Waals surface area contributed by atoms with E-state index in [-0.39, 0.29) is 18.8 Å². The molecule has 6 aromatic rings. The number of methoxy groups -OCH3 is 2. The molecule has 11 nitrogen and oxygen atoms in total. The molecule has 0 saturated carbocycles. The molecule has 0 aliphatic carbocycles. The van der Waals surface area contributed by atoms with Crippen LogP contribution in [0.1, 0.15) is 35.8 Å². The fourth-order valence-corrected chi connectivity index (χ4v) is 15.4. The number of nitrogens with one attached hydrogen (secondary N) is 1. The highest BCUT2D eigenvalue weighted by Crippen LogP contribution is 2.59. The SMILES string of the molecule is COc1ccc(C(OC[C@H]2O[C@@H](n3ccc(=O)[nH]c3=O)C(F)[C@H]2O[P@]2O[C@@H](C[Si](C)(c3ccccc3)c3ccccc3)[C@H]3CCCN32)(c2ccccc2)c2ccc(OC)cc2)cc1. The van der Waals surface area contributed by atoms with Crippen molar-refractivity contribution in [2.24, 2.45) is 0 Å². The molecule has 0 spiro atoms. The van der Waals surface area contributed by atoms with E-state index in [4.69, 9.17) is 28.0 Å². The first-order valence-electron chi connectivity index (χ1n) is 21.3. The summed E-state index contributed by atoms with van der Waals surface area (Å²) in [5.74, 6) is 1.34. The Morgan fingerprint density at radius 2 is 1.32 bits per heavy atom. The van der Waals surface area contributed by atoms with Crippen LogP contribution in [0.4, 0.5) is 4.39 Å². The minimum Gasteiger partial charge on any atom is -0.497 e. The number of H-pyrrole nitrogens is 1. The van der Waals surface area contributed by atoms with Gasteiger partial charge >= 0.3 is 5.69 Å². The fraction of sp³-hybridized carbons (Fsp3) is 0.306. The summed E-state index contributed by atoms with van der Waals surface area (Å²) < 4.78 is 59.5. The van der Waals surface area contributed by atoms with Crippen LogP contribution in [-0.4, -0.2) is 80.2 Å². The van der Waals surface area contributed by atoms with Gasteiger partial charge in [0.05, 0.1) is 26.9 Å². The molecule has 5 aromatic carbocycles. The Morgan fingerprint density at radius 3 is 1.87 bits per heavy atom. The average Bonchev–Trinajstić information content (AvgIpc) is 4.03. The molecule has 3 aliphatic rings. The van der Waals surface area contributed by atoms with Gasteiger partial charge in [-0.25, -0.2) is 13.9 Å². The summed E-state index contributed by atoms with van der Waals surface area (Å²) in [4.78, 5) is 27.6. The number of benzene rings is 5. The number of halogens is 1. The molecule has 7 atom stereocenters. The summed E-state index contributed by atoms with van der Waals surface area (Å²) in [7, 11) is -0.860. The molecule has 14 heteroatoms. The normalized spacial score (nSPS) is 23.7. The number of rotatable bonds is 15. The van der Waals surface area contributed by atoms with Gasteiger partial charge in [0.15, 0.2) is 12.4 Å². The Labute approximate surface area is 368 Å². The number of alkyl halides is 1. The highest BCUT2D eigenvalue weighted by molar-refractivity contribution is 7.45. The van der Waals surface area contributed by atoms with Crippen LogP contribution in [0.3, 0.4) is 0 Å². The van der Waals surface area contributed by atoms with Crippen molar-refractivity contribution < 1.29 is 32.4 Å². The molecule has 63 heavy (non-hydrogen) atoms. The summed E-state index contributed by atoms with van der Waals surface area (Å²) >= 11 is 0. The van der Waals surface area contributed by atoms with E-state index in [1.165, 1.54) is 22.6 Å². The second-order valence-electron chi connectivity index (χ2n) is 16.4. The van der Waals surface area contributed by atoms with Gasteiger partial charge in [0.1, 0.15) is 37.4 Å². The lowest BCUT2D eigenvalue weighted by Crippen LogP contribution is -2.58. The molecule has 0 bridgehead atoms. The molecule has 3 saturated heterocycles. The number of nitrogens with zero attached hydrogens (tertiary/aromatic N) is 2. The molecule has 326 valence electrons. The van der Waals surface area contributed by atoms with E-state index in [2.05, 4.69) is 64.7 Å². The summed E-state index contributed by atoms with van der Waals surface area (Å²) in [5.41, 5.74) is -0.238. The smallest absolute Gasteiger partial charge is 0.330 e. The lowest BCUT2D eigenvalue weighted by molar-refractivity contribution is -0.0930. The highest BCUT2D eigenvalue weighted by atomic mass is 31.2. The number of fused-ring (bicyclic) bond motifs is 1. The van der Waals surface area contributed by atoms with Gasteiger partial charge in [0.2, 0.25) is 0 Å². The van der Waals surface area contributed by atoms with Gasteiger partial charge in [0, 0.05) is 24.8 Å². The Balaban J connectivity index is 1.07. The first-order chi connectivity index (χ1) is 30.7. The molecule has 3 aliphatic heterocycles. The molecule has 1 unspecified atom stereocenters. The molecular formula is C49H51FN3O8PSi. The first kappa shape index (κ1) is 43.0. The van der Waals surface area contributed by atoms with Crippen LogP contribution in [0.5, 0.6) is 11.5 Å². The van der Waals surface area contributed by atoms with E-state index < -0.39 is 58.1 Å². The molecule has 1 N–H and O–H groups in total. The lowest BCUT2D eigenvalue weighted by atomic mass is 9.80. The minimum absolute atomic E-state index is 0.0962. The predicted molar refractivity (Wildman–Crippen MR) is 243 cm³/mol. The highest BCUT2D eigenvalue weighted by Gasteiger charge is 2.55. The average molecular weight is 888 g/mol. The van der Waals surface area contributed by atoms with Crippen LogP contribution in [0.2, 0.25) is 12.6 Å². The molecule has 3 fully saturated rings. The van der Waals surface area contributed by atoms with Gasteiger partial charge in [-0.15, -0.1) is 0 Å². The van der Waals surface area contributed by atoms with E-state index in [0.29, 0.717) is 11.5 Å². The van der Waals surface area contributed by atoms with Gasteiger partial charge in [-0.05, 0) is 59.8 Å². The standard InChI is InChI=1S/C49H51FN3O8PSi/c1-56-37-25-21-35(22-26-37)49(34-14-7-4-8-15-34,36-23-27-38(57-2)28-24-36)58-32-42-46(45(50)47(59-42)52-31-29-44(54)51-48(52)55)61-62-53-30-13-20-41(53)43(60-62)33-63(3,39-16-9-5-10-17-39)40-18-11-6-12-19-40/h4-12,14-19,21-29,31,41-43,45-47H,13,20,30,32-33H2,1-3H3,(H,51,54,55)/t41-,42-,43+,45?,46+,47-,62+/m1/s1. The molecule has 4 heterocycles. The minimum atomic E-state index is -2.33. The second-order valence-corrected chi connectivity index (χ2v) is 22.1. The van der Waals surface area contributed by atoms with Gasteiger partial charge in [-0.1, -0.05) is 132 Å². The van der Waals surface area contributed by atoms with Crippen molar-refractivity contribution in [1.29, 1.82) is 0 Å². The van der Waals surface area contributed by atoms with Crippen LogP contribution in [0.25, 0.3) is 0 Å². The van der Waals surface area contributed by atoms with Crippen LogP contribution in [0, 0.1) is 0 Å². The predicted octanol–water partition coefficient (Wildman–Crippen LogP) is 7.17. The third-order valence-corrected chi connectivity index (χ3v) is 19.0. The molecule has 0 amide bonds. The number of ether oxygens (including phenoxy) is 4. The van der Waals surface area contributed by atoms with Crippen molar-refractivity contribution in [2.75, 3.05) is 27.4 Å². The molecular weight excluding hydrogens is 837 g/mol. The van der Waals surface area contributed by atoms with Gasteiger partial charge in [-0.3, -0.25) is 14.3 Å². The van der Waals surface area contributed by atoms with Crippen molar-refractivity contribution in [3.05, 3.63) is 189 Å². The molecule has 1 aromatic heterocycles. The summed E-state index contributed by atoms with van der Waals surface area (Å²) in [6.07, 6.45) is -2.50. The topological polar surface area (TPSA) is 113 Å². The third kappa shape index (κ3) is 8.35. The zero-order valence-electron chi connectivity index (χ0n) is 35.4. The van der Waals surface area contributed by atoms with Crippen molar-refractivity contribution in [3.63, 3.8) is 0 Å². The van der Waals surface area contributed by atoms with Crippen molar-refractivity contribution in [3.8, 4) is 11.5 Å². The van der Waals surface area contributed by atoms with Crippen LogP contribution in [0.15, 0.2) is 161 Å². The van der Waals surface area contributed by atoms with Crippen molar-refractivity contribution in [2.45, 2.75) is 67.8 Å². The zero-order chi connectivity index (χ0) is 43.6. The maximum absolute atomic E-state index is 17.4. The number of aromatic nitrogens is 2. The first-order valence-corrected chi connectivity index (χ1v) is 25.2. The fourth-order valence-electron chi connectivity index (χ4n) is 9.47. The van der Waals surface area contributed by atoms with Crippen LogP contribution in [-0.2, 0) is 24.1 Å². The van der Waals surface area contributed by atoms with E-state index >= 15 is 4.39 Å². The Morgan fingerprint density at radius 1 is 0.762 bits per heavy atom. The van der Waals surface area contributed by atoms with Crippen molar-refractivity contribution >= 4 is 27.0 Å². The number of aromatic amines is 1. The van der Waals surface area contributed by atoms with E-state index in [1.54, 1.807) is 14.2 Å². The number of hydrogen-bond donors (Lipinski definition) is 1. The molecule has 9 rings (SSSR count).